The number of hydrogen-bond donors (Lipinski definition) is 1. The molecule has 0 aliphatic rings. The number of sulfonamides is 1. The third-order valence-electron chi connectivity index (χ3n) is 5.77. The number of aryl methyl sites for hydroxylation is 1. The van der Waals surface area contributed by atoms with Crippen molar-refractivity contribution in [3.05, 3.63) is 82.9 Å². The van der Waals surface area contributed by atoms with Gasteiger partial charge in [0.15, 0.2) is 9.84 Å². The van der Waals surface area contributed by atoms with Crippen LogP contribution in [-0.2, 0) is 24.7 Å². The zero-order valence-corrected chi connectivity index (χ0v) is 23.3. The average molecular weight is 565 g/mol. The van der Waals surface area contributed by atoms with E-state index in [4.69, 9.17) is 16.3 Å². The highest BCUT2D eigenvalue weighted by atomic mass is 35.5. The number of carbonyl (C=O) groups is 1. The van der Waals surface area contributed by atoms with Gasteiger partial charge in [-0.2, -0.15) is 0 Å². The highest BCUT2D eigenvalue weighted by molar-refractivity contribution is 7.93. The molecule has 1 atom stereocenters. The lowest BCUT2D eigenvalue weighted by Crippen LogP contribution is -2.42. The third kappa shape index (κ3) is 6.82. The fourth-order valence-electron chi connectivity index (χ4n) is 3.70. The number of methoxy groups -OCH3 is 1. The second kappa shape index (κ2) is 11.5. The lowest BCUT2D eigenvalue weighted by Gasteiger charge is -2.26. The lowest BCUT2D eigenvalue weighted by molar-refractivity contribution is -0.120. The van der Waals surface area contributed by atoms with Crippen LogP contribution < -0.4 is 14.4 Å². The first-order chi connectivity index (χ1) is 17.4. The first-order valence-electron chi connectivity index (χ1n) is 11.4. The summed E-state index contributed by atoms with van der Waals surface area (Å²) in [5, 5.41) is 3.06. The summed E-state index contributed by atoms with van der Waals surface area (Å²) in [5.41, 5.74) is 1.79. The van der Waals surface area contributed by atoms with Crippen LogP contribution in [0.1, 0.15) is 30.5 Å². The minimum atomic E-state index is -4.13. The number of nitrogens with zero attached hydrogens (tertiary/aromatic N) is 1. The molecule has 11 heteroatoms. The minimum absolute atomic E-state index is 0.0289. The lowest BCUT2D eigenvalue weighted by atomic mass is 10.0. The summed E-state index contributed by atoms with van der Waals surface area (Å²) in [7, 11) is -6.03. The Morgan fingerprint density at radius 1 is 0.973 bits per heavy atom. The molecule has 0 fully saturated rings. The smallest absolute Gasteiger partial charge is 0.264 e. The van der Waals surface area contributed by atoms with Gasteiger partial charge < -0.3 is 10.1 Å². The van der Waals surface area contributed by atoms with E-state index in [2.05, 4.69) is 5.32 Å². The highest BCUT2D eigenvalue weighted by Gasteiger charge is 2.28. The van der Waals surface area contributed by atoms with Crippen LogP contribution in [0.2, 0.25) is 5.02 Å². The average Bonchev–Trinajstić information content (AvgIpc) is 2.85. The summed E-state index contributed by atoms with van der Waals surface area (Å²) in [6, 6.07) is 16.6. The molecule has 3 aromatic rings. The number of amides is 1. The molecule has 3 rings (SSSR count). The number of halogens is 1. The summed E-state index contributed by atoms with van der Waals surface area (Å²) in [6.45, 7) is 3.20. The number of nitrogens with one attached hydrogen (secondary N) is 1. The van der Waals surface area contributed by atoms with Crippen molar-refractivity contribution in [2.45, 2.75) is 36.1 Å². The van der Waals surface area contributed by atoms with Crippen molar-refractivity contribution in [2.24, 2.45) is 0 Å². The number of benzene rings is 3. The van der Waals surface area contributed by atoms with Crippen LogP contribution in [0, 0.1) is 6.92 Å². The Morgan fingerprint density at radius 3 is 2.08 bits per heavy atom. The van der Waals surface area contributed by atoms with Crippen LogP contribution in [0.3, 0.4) is 0 Å². The Hall–Kier alpha value is -3.08. The normalized spacial score (nSPS) is 12.6. The van der Waals surface area contributed by atoms with Crippen LogP contribution in [0.25, 0.3) is 0 Å². The monoisotopic (exact) mass is 564 g/mol. The molecule has 1 unspecified atom stereocenters. The largest absolute Gasteiger partial charge is 0.495 e. The van der Waals surface area contributed by atoms with Gasteiger partial charge in [-0.05, 0) is 61.4 Å². The van der Waals surface area contributed by atoms with E-state index in [0.29, 0.717) is 17.7 Å². The molecule has 0 saturated heterocycles. The Labute approximate surface area is 223 Å². The van der Waals surface area contributed by atoms with E-state index >= 15 is 0 Å². The van der Waals surface area contributed by atoms with Gasteiger partial charge in [0.1, 0.15) is 12.3 Å². The number of carbonyl (C=O) groups excluding carboxylic acids is 1. The Kier molecular flexibility index (Phi) is 8.88. The third-order valence-corrected chi connectivity index (χ3v) is 8.99. The molecule has 0 bridgehead atoms. The van der Waals surface area contributed by atoms with Crippen molar-refractivity contribution in [2.75, 3.05) is 24.2 Å². The van der Waals surface area contributed by atoms with Gasteiger partial charge in [-0.1, -0.05) is 48.4 Å². The van der Waals surface area contributed by atoms with Gasteiger partial charge in [0.25, 0.3) is 10.0 Å². The SMILES string of the molecule is CCC(NC(=O)CN(c1ccc(OC)c(Cl)c1)S(=O)(=O)c1ccc(C)cc1)c1ccc(S(C)(=O)=O)cc1. The molecule has 0 spiro atoms. The molecule has 1 N–H and O–H groups in total. The molecule has 0 aliphatic heterocycles. The molecular formula is C26H29ClN2O6S2. The van der Waals surface area contributed by atoms with Crippen molar-refractivity contribution in [1.29, 1.82) is 0 Å². The number of sulfone groups is 1. The minimum Gasteiger partial charge on any atom is -0.495 e. The maximum Gasteiger partial charge on any atom is 0.264 e. The first kappa shape index (κ1) is 28.5. The van der Waals surface area contributed by atoms with Crippen LogP contribution in [0.4, 0.5) is 5.69 Å². The predicted octanol–water partition coefficient (Wildman–Crippen LogP) is 4.52. The molecule has 0 aliphatic carbocycles. The highest BCUT2D eigenvalue weighted by Crippen LogP contribution is 2.32. The summed E-state index contributed by atoms with van der Waals surface area (Å²) < 4.78 is 56.9. The van der Waals surface area contributed by atoms with E-state index in [1.807, 2.05) is 13.8 Å². The maximum atomic E-state index is 13.6. The van der Waals surface area contributed by atoms with E-state index in [1.54, 1.807) is 24.3 Å². The molecule has 0 radical (unpaired) electrons. The van der Waals surface area contributed by atoms with Gasteiger partial charge >= 0.3 is 0 Å². The molecular weight excluding hydrogens is 536 g/mol. The first-order valence-corrected chi connectivity index (χ1v) is 15.1. The number of rotatable bonds is 10. The van der Waals surface area contributed by atoms with Gasteiger partial charge in [-0.3, -0.25) is 9.10 Å². The van der Waals surface area contributed by atoms with Crippen LogP contribution in [0.5, 0.6) is 5.75 Å². The Bertz CT molecular complexity index is 1470. The molecule has 3 aromatic carbocycles. The van der Waals surface area contributed by atoms with Crippen LogP contribution in [-0.4, -0.2) is 42.7 Å². The molecule has 37 heavy (non-hydrogen) atoms. The van der Waals surface area contributed by atoms with Crippen molar-refractivity contribution < 1.29 is 26.4 Å². The Balaban J connectivity index is 1.93. The molecule has 198 valence electrons. The molecule has 0 heterocycles. The topological polar surface area (TPSA) is 110 Å². The van der Waals surface area contributed by atoms with E-state index in [0.717, 1.165) is 16.1 Å². The van der Waals surface area contributed by atoms with Gasteiger partial charge in [0.2, 0.25) is 5.91 Å². The summed E-state index contributed by atoms with van der Waals surface area (Å²) in [5.74, 6) is -0.173. The maximum absolute atomic E-state index is 13.6. The second-order valence-corrected chi connectivity index (χ2v) is 12.8. The Morgan fingerprint density at radius 2 is 1.57 bits per heavy atom. The fourth-order valence-corrected chi connectivity index (χ4v) is 6.00. The zero-order valence-electron chi connectivity index (χ0n) is 20.9. The summed E-state index contributed by atoms with van der Waals surface area (Å²) in [6.07, 6.45) is 1.62. The summed E-state index contributed by atoms with van der Waals surface area (Å²) >= 11 is 6.27. The molecule has 0 aromatic heterocycles. The van der Waals surface area contributed by atoms with Crippen molar-refractivity contribution in [3.8, 4) is 5.75 Å². The van der Waals surface area contributed by atoms with E-state index in [1.165, 1.54) is 49.6 Å². The van der Waals surface area contributed by atoms with Crippen molar-refractivity contribution in [1.82, 2.24) is 5.32 Å². The zero-order chi connectivity index (χ0) is 27.4. The number of hydrogen-bond acceptors (Lipinski definition) is 6. The van der Waals surface area contributed by atoms with Gasteiger partial charge in [-0.15, -0.1) is 0 Å². The molecule has 8 nitrogen and oxygen atoms in total. The van der Waals surface area contributed by atoms with Crippen molar-refractivity contribution in [3.63, 3.8) is 0 Å². The number of anilines is 1. The van der Waals surface area contributed by atoms with E-state index < -0.39 is 38.4 Å². The standard InChI is InChI=1S/C26H29ClN2O6S2/c1-5-24(19-8-13-21(14-9-19)36(4,31)32)28-26(30)17-29(20-10-15-25(35-3)23(27)16-20)37(33,34)22-11-6-18(2)7-12-22/h6-16,24H,5,17H2,1-4H3,(H,28,30). The van der Waals surface area contributed by atoms with Crippen LogP contribution in [0.15, 0.2) is 76.5 Å². The fraction of sp³-hybridized carbons (Fsp3) is 0.269. The quantitative estimate of drug-likeness (QED) is 0.387. The van der Waals surface area contributed by atoms with Gasteiger partial charge in [0.05, 0.1) is 33.7 Å². The van der Waals surface area contributed by atoms with Crippen LogP contribution >= 0.6 is 11.6 Å². The van der Waals surface area contributed by atoms with E-state index in [-0.39, 0.29) is 20.5 Å². The molecule has 1 amide bonds. The second-order valence-electron chi connectivity index (χ2n) is 8.51. The van der Waals surface area contributed by atoms with Crippen molar-refractivity contribution >= 4 is 43.1 Å². The molecule has 0 saturated carbocycles. The van der Waals surface area contributed by atoms with Gasteiger partial charge in [-0.25, -0.2) is 16.8 Å². The predicted molar refractivity (Wildman–Crippen MR) is 144 cm³/mol. The summed E-state index contributed by atoms with van der Waals surface area (Å²) in [4.78, 5) is 13.4. The number of ether oxygens (including phenoxy) is 1. The van der Waals surface area contributed by atoms with Gasteiger partial charge in [0, 0.05) is 6.26 Å². The van der Waals surface area contributed by atoms with E-state index in [9.17, 15) is 21.6 Å².